The number of aliphatic hydroxyl groups excluding tert-OH is 1. The summed E-state index contributed by atoms with van der Waals surface area (Å²) in [5, 5.41) is 8.63. The van der Waals surface area contributed by atoms with Gasteiger partial charge in [0.15, 0.2) is 0 Å². The first kappa shape index (κ1) is 18.3. The molecule has 1 aliphatic heterocycles. The van der Waals surface area contributed by atoms with Gasteiger partial charge >= 0.3 is 0 Å². The van der Waals surface area contributed by atoms with Crippen LogP contribution in [-0.4, -0.2) is 61.4 Å². The Morgan fingerprint density at radius 3 is 2.72 bits per heavy atom. The Labute approximate surface area is 148 Å². The summed E-state index contributed by atoms with van der Waals surface area (Å²) in [5.41, 5.74) is -0.938. The Kier molecular flexibility index (Phi) is 5.14. The summed E-state index contributed by atoms with van der Waals surface area (Å²) in [6, 6.07) is 0. The van der Waals surface area contributed by atoms with E-state index in [2.05, 4.69) is 25.7 Å². The van der Waals surface area contributed by atoms with Gasteiger partial charge in [0.2, 0.25) is 11.8 Å². The third kappa shape index (κ3) is 2.67. The van der Waals surface area contributed by atoms with E-state index in [9.17, 15) is 9.59 Å². The summed E-state index contributed by atoms with van der Waals surface area (Å²) in [6.07, 6.45) is 7.41. The number of amides is 2. The quantitative estimate of drug-likeness (QED) is 0.364. The average Bonchev–Trinajstić information content (AvgIpc) is 3.16. The van der Waals surface area contributed by atoms with Crippen LogP contribution in [0.4, 0.5) is 0 Å². The van der Waals surface area contributed by atoms with E-state index in [0.717, 1.165) is 6.42 Å². The molecular weight excluding hydrogens is 322 g/mol. The van der Waals surface area contributed by atoms with Crippen LogP contribution in [0.2, 0.25) is 0 Å². The molecule has 6 nitrogen and oxygen atoms in total. The maximum atomic E-state index is 13.2. The van der Waals surface area contributed by atoms with Crippen molar-refractivity contribution in [3.05, 3.63) is 24.8 Å². The van der Waals surface area contributed by atoms with Crippen molar-refractivity contribution < 1.29 is 24.2 Å². The zero-order valence-corrected chi connectivity index (χ0v) is 14.8. The lowest BCUT2D eigenvalue weighted by Gasteiger charge is -2.39. The van der Waals surface area contributed by atoms with Gasteiger partial charge in [0.1, 0.15) is 0 Å². The summed E-state index contributed by atoms with van der Waals surface area (Å²) in [4.78, 5) is 27.6. The molecule has 138 valence electrons. The molecule has 25 heavy (non-hydrogen) atoms. The van der Waals surface area contributed by atoms with Crippen LogP contribution in [0.1, 0.15) is 19.8 Å². The lowest BCUT2D eigenvalue weighted by atomic mass is 9.60. The normalized spacial score (nSPS) is 35.7. The molecule has 6 heteroatoms. The zero-order chi connectivity index (χ0) is 18.1. The average molecular weight is 349 g/mol. The van der Waals surface area contributed by atoms with E-state index in [4.69, 9.17) is 14.6 Å². The van der Waals surface area contributed by atoms with Crippen molar-refractivity contribution in [1.82, 2.24) is 4.90 Å². The van der Waals surface area contributed by atoms with Gasteiger partial charge in [0, 0.05) is 5.41 Å². The molecule has 0 aromatic rings. The molecule has 2 aliphatic carbocycles. The van der Waals surface area contributed by atoms with Crippen molar-refractivity contribution in [3.8, 4) is 0 Å². The van der Waals surface area contributed by atoms with Gasteiger partial charge in [-0.15, -0.1) is 6.58 Å². The molecule has 0 aromatic carbocycles. The Bertz CT molecular complexity index is 588. The second-order valence-corrected chi connectivity index (χ2v) is 7.33. The van der Waals surface area contributed by atoms with Gasteiger partial charge in [-0.3, -0.25) is 14.5 Å². The molecule has 0 aromatic heterocycles. The molecule has 1 saturated carbocycles. The second kappa shape index (κ2) is 7.02. The van der Waals surface area contributed by atoms with E-state index >= 15 is 0 Å². The van der Waals surface area contributed by atoms with E-state index in [1.807, 2.05) is 0 Å². The fraction of sp³-hybridized carbons (Fsp3) is 0.684. The number of hydrogen-bond acceptors (Lipinski definition) is 5. The number of likely N-dealkylation sites (tertiary alicyclic amines) is 1. The van der Waals surface area contributed by atoms with Gasteiger partial charge in [-0.05, 0) is 18.8 Å². The number of carbonyl (C=O) groups is 2. The highest BCUT2D eigenvalue weighted by molar-refractivity contribution is 6.09. The highest BCUT2D eigenvalue weighted by Gasteiger charge is 2.73. The summed E-state index contributed by atoms with van der Waals surface area (Å²) in [7, 11) is 0. The van der Waals surface area contributed by atoms with Crippen LogP contribution in [0, 0.1) is 22.7 Å². The number of hydrogen-bond donors (Lipinski definition) is 1. The Morgan fingerprint density at radius 2 is 2.04 bits per heavy atom. The van der Waals surface area contributed by atoms with E-state index < -0.39 is 5.41 Å². The molecule has 2 amide bonds. The molecule has 0 spiro atoms. The molecular formula is C19H27NO5. The molecule has 3 rings (SSSR count). The summed E-state index contributed by atoms with van der Waals surface area (Å²) in [6.45, 7) is 7.52. The van der Waals surface area contributed by atoms with E-state index in [0.29, 0.717) is 26.2 Å². The molecule has 3 aliphatic rings. The smallest absolute Gasteiger partial charge is 0.237 e. The number of rotatable bonds is 10. The van der Waals surface area contributed by atoms with Crippen molar-refractivity contribution in [3.63, 3.8) is 0 Å². The summed E-state index contributed by atoms with van der Waals surface area (Å²) >= 11 is 0. The van der Waals surface area contributed by atoms with E-state index in [1.165, 1.54) is 4.90 Å². The maximum Gasteiger partial charge on any atom is 0.237 e. The molecule has 1 N–H and O–H groups in total. The monoisotopic (exact) mass is 349 g/mol. The van der Waals surface area contributed by atoms with Gasteiger partial charge in [-0.25, -0.2) is 0 Å². The first-order valence-electron chi connectivity index (χ1n) is 8.94. The van der Waals surface area contributed by atoms with Crippen LogP contribution < -0.4 is 0 Å². The Morgan fingerprint density at radius 1 is 1.32 bits per heavy atom. The van der Waals surface area contributed by atoms with Crippen LogP contribution >= 0.6 is 0 Å². The minimum atomic E-state index is -0.671. The van der Waals surface area contributed by atoms with Crippen molar-refractivity contribution in [2.45, 2.75) is 19.8 Å². The molecule has 2 fully saturated rings. The second-order valence-electron chi connectivity index (χ2n) is 7.33. The van der Waals surface area contributed by atoms with Gasteiger partial charge in [0.25, 0.3) is 0 Å². The van der Waals surface area contributed by atoms with Crippen LogP contribution in [-0.2, 0) is 19.1 Å². The largest absolute Gasteiger partial charge is 0.394 e. The van der Waals surface area contributed by atoms with Crippen molar-refractivity contribution in [2.75, 3.05) is 39.6 Å². The zero-order valence-electron chi connectivity index (χ0n) is 14.8. The first-order chi connectivity index (χ1) is 12.0. The van der Waals surface area contributed by atoms with Crippen LogP contribution in [0.3, 0.4) is 0 Å². The third-order valence-electron chi connectivity index (χ3n) is 6.04. The van der Waals surface area contributed by atoms with Crippen LogP contribution in [0.15, 0.2) is 24.8 Å². The molecule has 1 heterocycles. The SMILES string of the molecule is C=CCC12C(=O)N(CCOCCOCCO)C(=O)C1C1C=CC2(C)C1. The summed E-state index contributed by atoms with van der Waals surface area (Å²) < 4.78 is 10.6. The Hall–Kier alpha value is -1.50. The van der Waals surface area contributed by atoms with Crippen molar-refractivity contribution in [2.24, 2.45) is 22.7 Å². The molecule has 4 atom stereocenters. The topological polar surface area (TPSA) is 76.1 Å². The number of imide groups is 1. The van der Waals surface area contributed by atoms with Gasteiger partial charge < -0.3 is 14.6 Å². The Balaban J connectivity index is 1.64. The van der Waals surface area contributed by atoms with Gasteiger partial charge in [0.05, 0.1) is 50.9 Å². The fourth-order valence-electron chi connectivity index (χ4n) is 4.95. The van der Waals surface area contributed by atoms with Crippen molar-refractivity contribution >= 4 is 11.8 Å². The number of carbonyl (C=O) groups excluding carboxylic acids is 2. The molecule has 4 unspecified atom stereocenters. The van der Waals surface area contributed by atoms with Gasteiger partial charge in [-0.1, -0.05) is 25.2 Å². The van der Waals surface area contributed by atoms with Crippen LogP contribution in [0.5, 0.6) is 0 Å². The maximum absolute atomic E-state index is 13.2. The number of nitrogens with zero attached hydrogens (tertiary/aromatic N) is 1. The molecule has 0 radical (unpaired) electrons. The van der Waals surface area contributed by atoms with E-state index in [-0.39, 0.29) is 48.8 Å². The predicted molar refractivity (Wildman–Crippen MR) is 91.5 cm³/mol. The number of aliphatic hydroxyl groups is 1. The number of fused-ring (bicyclic) bond motifs is 5. The number of allylic oxidation sites excluding steroid dienone is 3. The highest BCUT2D eigenvalue weighted by atomic mass is 16.5. The predicted octanol–water partition coefficient (Wildman–Crippen LogP) is 1.16. The van der Waals surface area contributed by atoms with Gasteiger partial charge in [-0.2, -0.15) is 0 Å². The fourth-order valence-corrected chi connectivity index (χ4v) is 4.95. The van der Waals surface area contributed by atoms with Crippen LogP contribution in [0.25, 0.3) is 0 Å². The molecule has 1 saturated heterocycles. The third-order valence-corrected chi connectivity index (χ3v) is 6.04. The molecule has 2 bridgehead atoms. The number of ether oxygens (including phenoxy) is 2. The standard InChI is InChI=1S/C19H27NO5/c1-3-5-19-15(14-4-6-18(19,2)13-14)16(22)20(17(19)23)7-9-24-11-12-25-10-8-21/h3-4,6,14-15,21H,1,5,7-13H2,2H3. The lowest BCUT2D eigenvalue weighted by Crippen LogP contribution is -2.45. The highest BCUT2D eigenvalue weighted by Crippen LogP contribution is 2.68. The first-order valence-corrected chi connectivity index (χ1v) is 8.94. The summed E-state index contributed by atoms with van der Waals surface area (Å²) in [5.74, 6) is -0.248. The minimum Gasteiger partial charge on any atom is -0.394 e. The van der Waals surface area contributed by atoms with Crippen molar-refractivity contribution in [1.29, 1.82) is 0 Å². The van der Waals surface area contributed by atoms with E-state index in [1.54, 1.807) is 6.08 Å². The minimum absolute atomic E-state index is 0.0163. The lowest BCUT2D eigenvalue weighted by molar-refractivity contribution is -0.144.